The molecule has 0 heterocycles. The third-order valence-corrected chi connectivity index (χ3v) is 0.352. The van der Waals surface area contributed by atoms with Gasteiger partial charge in [-0.3, -0.25) is 4.79 Å². The van der Waals surface area contributed by atoms with Gasteiger partial charge in [-0.2, -0.15) is 0 Å². The van der Waals surface area contributed by atoms with Crippen LogP contribution in [0, 0.1) is 0 Å². The lowest BCUT2D eigenvalue weighted by Crippen LogP contribution is -2.11. The lowest BCUT2D eigenvalue weighted by Gasteiger charge is -1.80. The standard InChI is InChI=1S/C3H7NO.3CH4/c1-3(5)4-2;;;/h1-2H3,(H,4,5);3*1H4. The third kappa shape index (κ3) is 50.6. The second-order valence-corrected chi connectivity index (χ2v) is 0.806. The summed E-state index contributed by atoms with van der Waals surface area (Å²) in [5.74, 6) is 0.00463. The van der Waals surface area contributed by atoms with Crippen molar-refractivity contribution in [3.63, 3.8) is 0 Å². The molecule has 0 fully saturated rings. The Morgan fingerprint density at radius 2 is 1.38 bits per heavy atom. The Kier molecular flexibility index (Phi) is 52.2. The Morgan fingerprint density at radius 3 is 1.38 bits per heavy atom. The van der Waals surface area contributed by atoms with Crippen LogP contribution in [0.3, 0.4) is 0 Å². The largest absolute Gasteiger partial charge is 0.359 e. The molecule has 0 saturated heterocycles. The van der Waals surface area contributed by atoms with Gasteiger partial charge in [-0.15, -0.1) is 0 Å². The maximum absolute atomic E-state index is 9.70. The van der Waals surface area contributed by atoms with Gasteiger partial charge in [0.25, 0.3) is 0 Å². The number of nitrogens with one attached hydrogen (secondary N) is 1. The number of carbonyl (C=O) groups excluding carboxylic acids is 1. The van der Waals surface area contributed by atoms with Crippen molar-refractivity contribution >= 4 is 5.91 Å². The van der Waals surface area contributed by atoms with Gasteiger partial charge in [-0.1, -0.05) is 22.3 Å². The normalized spacial score (nSPS) is 4.25. The molecule has 0 aliphatic carbocycles. The van der Waals surface area contributed by atoms with E-state index in [0.29, 0.717) is 0 Å². The summed E-state index contributed by atoms with van der Waals surface area (Å²) < 4.78 is 0. The molecule has 8 heavy (non-hydrogen) atoms. The zero-order valence-electron chi connectivity index (χ0n) is 3.41. The first-order valence-electron chi connectivity index (χ1n) is 1.45. The highest BCUT2D eigenvalue weighted by atomic mass is 16.1. The molecule has 2 heteroatoms. The van der Waals surface area contributed by atoms with E-state index in [9.17, 15) is 4.79 Å². The van der Waals surface area contributed by atoms with Crippen molar-refractivity contribution in [3.05, 3.63) is 0 Å². The minimum atomic E-state index is 0. The van der Waals surface area contributed by atoms with Crippen LogP contribution in [-0.2, 0) is 4.79 Å². The zero-order chi connectivity index (χ0) is 4.28. The molecule has 0 radical (unpaired) electrons. The minimum Gasteiger partial charge on any atom is -0.359 e. The van der Waals surface area contributed by atoms with E-state index in [4.69, 9.17) is 0 Å². The third-order valence-electron chi connectivity index (χ3n) is 0.352. The minimum absolute atomic E-state index is 0. The van der Waals surface area contributed by atoms with E-state index < -0.39 is 0 Å². The number of amides is 1. The highest BCUT2D eigenvalue weighted by Gasteiger charge is 1.72. The molecule has 0 rings (SSSR count). The summed E-state index contributed by atoms with van der Waals surface area (Å²) in [6.45, 7) is 1.47. The molecule has 0 aromatic heterocycles. The predicted molar refractivity (Wildman–Crippen MR) is 39.9 cm³/mol. The molecular formula is C6H19NO. The van der Waals surface area contributed by atoms with Crippen LogP contribution in [0.5, 0.6) is 0 Å². The van der Waals surface area contributed by atoms with Gasteiger partial charge in [-0.05, 0) is 0 Å². The Balaban J connectivity index is -0.0000000267. The highest BCUT2D eigenvalue weighted by Crippen LogP contribution is 1.45. The number of hydrogen-bond acceptors (Lipinski definition) is 1. The van der Waals surface area contributed by atoms with E-state index >= 15 is 0 Å². The van der Waals surface area contributed by atoms with E-state index in [0.717, 1.165) is 0 Å². The van der Waals surface area contributed by atoms with Crippen LogP contribution in [0.4, 0.5) is 0 Å². The fourth-order valence-corrected chi connectivity index (χ4v) is 0. The molecule has 0 unspecified atom stereocenters. The first kappa shape index (κ1) is 26.0. The maximum Gasteiger partial charge on any atom is 0.216 e. The van der Waals surface area contributed by atoms with Crippen LogP contribution in [0.1, 0.15) is 29.2 Å². The maximum atomic E-state index is 9.70. The first-order chi connectivity index (χ1) is 2.27. The molecule has 0 spiro atoms. The fraction of sp³-hybridized carbons (Fsp3) is 0.833. The molecule has 1 amide bonds. The van der Waals surface area contributed by atoms with Gasteiger partial charge in [0.05, 0.1) is 0 Å². The Bertz CT molecular complexity index is 43.8. The van der Waals surface area contributed by atoms with Gasteiger partial charge in [0.2, 0.25) is 5.91 Å². The quantitative estimate of drug-likeness (QED) is 0.519. The van der Waals surface area contributed by atoms with Gasteiger partial charge in [0, 0.05) is 14.0 Å². The fourth-order valence-electron chi connectivity index (χ4n) is 0. The predicted octanol–water partition coefficient (Wildman–Crippen LogP) is 1.66. The first-order valence-corrected chi connectivity index (χ1v) is 1.45. The SMILES string of the molecule is C.C.C.CNC(C)=O. The smallest absolute Gasteiger partial charge is 0.216 e. The van der Waals surface area contributed by atoms with Crippen molar-refractivity contribution in [3.8, 4) is 0 Å². The lowest BCUT2D eigenvalue weighted by atomic mass is 10.7. The van der Waals surface area contributed by atoms with Crippen molar-refractivity contribution in [1.82, 2.24) is 5.32 Å². The summed E-state index contributed by atoms with van der Waals surface area (Å²) >= 11 is 0. The van der Waals surface area contributed by atoms with Gasteiger partial charge in [0.1, 0.15) is 0 Å². The van der Waals surface area contributed by atoms with Crippen LogP contribution in [-0.4, -0.2) is 13.0 Å². The van der Waals surface area contributed by atoms with Crippen molar-refractivity contribution < 1.29 is 4.79 Å². The summed E-state index contributed by atoms with van der Waals surface area (Å²) in [7, 11) is 1.60. The molecule has 0 saturated carbocycles. The summed E-state index contributed by atoms with van der Waals surface area (Å²) in [4.78, 5) is 9.70. The molecule has 2 nitrogen and oxygen atoms in total. The van der Waals surface area contributed by atoms with Crippen LogP contribution in [0.25, 0.3) is 0 Å². The molecule has 1 N–H and O–H groups in total. The van der Waals surface area contributed by atoms with Crippen molar-refractivity contribution in [1.29, 1.82) is 0 Å². The van der Waals surface area contributed by atoms with Crippen LogP contribution < -0.4 is 5.32 Å². The van der Waals surface area contributed by atoms with Crippen LogP contribution >= 0.6 is 0 Å². The van der Waals surface area contributed by atoms with Gasteiger partial charge in [0.15, 0.2) is 0 Å². The molecule has 0 aliphatic rings. The second kappa shape index (κ2) is 16.1. The molecular weight excluding hydrogens is 102 g/mol. The molecule has 0 aliphatic heterocycles. The second-order valence-electron chi connectivity index (χ2n) is 0.806. The lowest BCUT2D eigenvalue weighted by molar-refractivity contribution is -0.118. The summed E-state index contributed by atoms with van der Waals surface area (Å²) in [5, 5.41) is 2.39. The Labute approximate surface area is 53.3 Å². The Morgan fingerprint density at radius 1 is 1.25 bits per heavy atom. The summed E-state index contributed by atoms with van der Waals surface area (Å²) in [6, 6.07) is 0. The highest BCUT2D eigenvalue weighted by molar-refractivity contribution is 5.72. The van der Waals surface area contributed by atoms with Crippen molar-refractivity contribution in [2.45, 2.75) is 29.2 Å². The zero-order valence-corrected chi connectivity index (χ0v) is 3.41. The molecule has 0 aromatic carbocycles. The average Bonchev–Trinajstić information content (AvgIpc) is 1.38. The van der Waals surface area contributed by atoms with E-state index in [1.54, 1.807) is 7.05 Å². The number of rotatable bonds is 0. The van der Waals surface area contributed by atoms with Crippen molar-refractivity contribution in [2.24, 2.45) is 0 Å². The Hall–Kier alpha value is -0.530. The number of carbonyl (C=O) groups is 1. The topological polar surface area (TPSA) is 29.1 Å². The van der Waals surface area contributed by atoms with Crippen LogP contribution in [0.15, 0.2) is 0 Å². The van der Waals surface area contributed by atoms with E-state index in [1.165, 1.54) is 6.92 Å². The van der Waals surface area contributed by atoms with E-state index in [2.05, 4.69) is 5.32 Å². The van der Waals surface area contributed by atoms with Gasteiger partial charge < -0.3 is 5.32 Å². The average molecular weight is 121 g/mol. The molecule has 0 bridgehead atoms. The summed E-state index contributed by atoms with van der Waals surface area (Å²) in [6.07, 6.45) is 0. The van der Waals surface area contributed by atoms with Gasteiger partial charge >= 0.3 is 0 Å². The monoisotopic (exact) mass is 121 g/mol. The number of hydrogen-bond donors (Lipinski definition) is 1. The molecule has 0 aromatic rings. The van der Waals surface area contributed by atoms with E-state index in [1.807, 2.05) is 0 Å². The molecule has 0 atom stereocenters. The van der Waals surface area contributed by atoms with Crippen LogP contribution in [0.2, 0.25) is 0 Å². The van der Waals surface area contributed by atoms with Crippen molar-refractivity contribution in [2.75, 3.05) is 7.05 Å². The van der Waals surface area contributed by atoms with Gasteiger partial charge in [-0.25, -0.2) is 0 Å². The summed E-state index contributed by atoms with van der Waals surface area (Å²) in [5.41, 5.74) is 0. The molecule has 54 valence electrons. The van der Waals surface area contributed by atoms with E-state index in [-0.39, 0.29) is 28.2 Å².